The highest BCUT2D eigenvalue weighted by Gasteiger charge is 1.93. The Balaban J connectivity index is 2.85. The van der Waals surface area contributed by atoms with Gasteiger partial charge in [-0.3, -0.25) is 0 Å². The summed E-state index contributed by atoms with van der Waals surface area (Å²) in [6.45, 7) is 7.12. The van der Waals surface area contributed by atoms with E-state index in [2.05, 4.69) is 19.2 Å². The lowest BCUT2D eigenvalue weighted by atomic mass is 10.1. The van der Waals surface area contributed by atoms with Crippen molar-refractivity contribution in [2.24, 2.45) is 5.92 Å². The minimum atomic E-state index is 0.328. The van der Waals surface area contributed by atoms with Crippen molar-refractivity contribution >= 4 is 11.8 Å². The van der Waals surface area contributed by atoms with Gasteiger partial charge in [0.1, 0.15) is 0 Å². The maximum absolute atomic E-state index is 8.56. The lowest BCUT2D eigenvalue weighted by Crippen LogP contribution is -2.18. The zero-order valence-corrected chi connectivity index (χ0v) is 10.4. The van der Waals surface area contributed by atoms with E-state index in [9.17, 15) is 0 Å². The van der Waals surface area contributed by atoms with Crippen molar-refractivity contribution < 1.29 is 5.11 Å². The molecule has 0 bridgehead atoms. The fraction of sp³-hybridized carbons (Fsp3) is 1.00. The van der Waals surface area contributed by atoms with Crippen LogP contribution in [0.15, 0.2) is 0 Å². The Morgan fingerprint density at radius 3 is 2.57 bits per heavy atom. The molecule has 0 aromatic heterocycles. The zero-order valence-electron chi connectivity index (χ0n) is 9.59. The van der Waals surface area contributed by atoms with Gasteiger partial charge in [0.15, 0.2) is 0 Å². The molecule has 0 atom stereocenters. The van der Waals surface area contributed by atoms with Crippen LogP contribution < -0.4 is 5.32 Å². The van der Waals surface area contributed by atoms with Gasteiger partial charge in [-0.1, -0.05) is 13.8 Å². The van der Waals surface area contributed by atoms with E-state index in [1.54, 1.807) is 0 Å². The van der Waals surface area contributed by atoms with Gasteiger partial charge in [-0.25, -0.2) is 0 Å². The van der Waals surface area contributed by atoms with Crippen LogP contribution >= 0.6 is 11.8 Å². The van der Waals surface area contributed by atoms with E-state index in [-0.39, 0.29) is 0 Å². The molecule has 0 aliphatic heterocycles. The lowest BCUT2D eigenvalue weighted by Gasteiger charge is -2.06. The van der Waals surface area contributed by atoms with Crippen molar-refractivity contribution in [3.8, 4) is 0 Å². The summed E-state index contributed by atoms with van der Waals surface area (Å²) < 4.78 is 0. The molecule has 0 aromatic rings. The van der Waals surface area contributed by atoms with Crippen LogP contribution in [0, 0.1) is 5.92 Å². The second-order valence-corrected chi connectivity index (χ2v) is 5.20. The predicted octanol–water partition coefficient (Wildman–Crippen LogP) is 2.13. The van der Waals surface area contributed by atoms with Gasteiger partial charge < -0.3 is 10.4 Å². The van der Waals surface area contributed by atoms with Crippen LogP contribution in [0.5, 0.6) is 0 Å². The fourth-order valence-corrected chi connectivity index (χ4v) is 2.00. The van der Waals surface area contributed by atoms with Gasteiger partial charge in [-0.05, 0) is 37.5 Å². The van der Waals surface area contributed by atoms with E-state index in [1.807, 2.05) is 11.8 Å². The Morgan fingerprint density at radius 1 is 1.14 bits per heavy atom. The lowest BCUT2D eigenvalue weighted by molar-refractivity contribution is 0.296. The van der Waals surface area contributed by atoms with E-state index in [4.69, 9.17) is 5.11 Å². The number of nitrogens with one attached hydrogen (secondary N) is 1. The topological polar surface area (TPSA) is 32.3 Å². The van der Waals surface area contributed by atoms with Crippen molar-refractivity contribution in [3.05, 3.63) is 0 Å². The van der Waals surface area contributed by atoms with Crippen LogP contribution in [-0.2, 0) is 0 Å². The Labute approximate surface area is 92.9 Å². The molecule has 0 radical (unpaired) electrons. The van der Waals surface area contributed by atoms with Gasteiger partial charge in [-0.2, -0.15) is 11.8 Å². The molecule has 0 saturated heterocycles. The monoisotopic (exact) mass is 219 g/mol. The van der Waals surface area contributed by atoms with Crippen LogP contribution in [0.25, 0.3) is 0 Å². The molecule has 0 amide bonds. The van der Waals surface area contributed by atoms with Crippen LogP contribution in [0.4, 0.5) is 0 Å². The van der Waals surface area contributed by atoms with Crippen LogP contribution in [0.2, 0.25) is 0 Å². The molecular weight excluding hydrogens is 194 g/mol. The first kappa shape index (κ1) is 14.3. The molecular formula is C11H25NOS. The third-order valence-corrected chi connectivity index (χ3v) is 3.08. The first-order valence-corrected chi connectivity index (χ1v) is 6.82. The quantitative estimate of drug-likeness (QED) is 0.552. The SMILES string of the molecule is CC(C)CCCNCCSCCCO. The number of hydrogen-bond acceptors (Lipinski definition) is 3. The Morgan fingerprint density at radius 2 is 1.93 bits per heavy atom. The Bertz CT molecular complexity index is 109. The van der Waals surface area contributed by atoms with Crippen molar-refractivity contribution in [2.75, 3.05) is 31.2 Å². The molecule has 3 heteroatoms. The predicted molar refractivity (Wildman–Crippen MR) is 66.0 cm³/mol. The number of aliphatic hydroxyl groups excluding tert-OH is 1. The molecule has 2 nitrogen and oxygen atoms in total. The minimum absolute atomic E-state index is 0.328. The standard InChI is InChI=1S/C11H25NOS/c1-11(2)5-3-6-12-7-10-14-9-4-8-13/h11-13H,3-10H2,1-2H3. The number of hydrogen-bond donors (Lipinski definition) is 2. The van der Waals surface area contributed by atoms with Gasteiger partial charge in [0.2, 0.25) is 0 Å². The van der Waals surface area contributed by atoms with Crippen molar-refractivity contribution in [2.45, 2.75) is 33.1 Å². The summed E-state index contributed by atoms with van der Waals surface area (Å²) in [5.41, 5.74) is 0. The van der Waals surface area contributed by atoms with E-state index < -0.39 is 0 Å². The molecule has 0 aromatic carbocycles. The number of thioether (sulfide) groups is 1. The van der Waals surface area contributed by atoms with E-state index in [0.29, 0.717) is 6.61 Å². The smallest absolute Gasteiger partial charge is 0.0438 e. The molecule has 86 valence electrons. The van der Waals surface area contributed by atoms with Crippen LogP contribution in [0.1, 0.15) is 33.1 Å². The molecule has 0 aliphatic rings. The van der Waals surface area contributed by atoms with Gasteiger partial charge in [0.05, 0.1) is 0 Å². The minimum Gasteiger partial charge on any atom is -0.396 e. The first-order valence-electron chi connectivity index (χ1n) is 5.66. The average Bonchev–Trinajstić information content (AvgIpc) is 2.15. The molecule has 2 N–H and O–H groups in total. The van der Waals surface area contributed by atoms with E-state index >= 15 is 0 Å². The van der Waals surface area contributed by atoms with Gasteiger partial charge in [0, 0.05) is 18.9 Å². The highest BCUT2D eigenvalue weighted by Crippen LogP contribution is 2.02. The fourth-order valence-electron chi connectivity index (χ4n) is 1.17. The summed E-state index contributed by atoms with van der Waals surface area (Å²) in [7, 11) is 0. The summed E-state index contributed by atoms with van der Waals surface area (Å²) in [5.74, 6) is 3.09. The number of rotatable bonds is 10. The van der Waals surface area contributed by atoms with E-state index in [0.717, 1.165) is 31.2 Å². The molecule has 0 aliphatic carbocycles. The maximum Gasteiger partial charge on any atom is 0.0438 e. The van der Waals surface area contributed by atoms with E-state index in [1.165, 1.54) is 18.6 Å². The molecule has 14 heavy (non-hydrogen) atoms. The third-order valence-electron chi connectivity index (χ3n) is 2.00. The van der Waals surface area contributed by atoms with Gasteiger partial charge in [0.25, 0.3) is 0 Å². The zero-order chi connectivity index (χ0) is 10.6. The molecule has 0 saturated carbocycles. The van der Waals surface area contributed by atoms with Crippen molar-refractivity contribution in [3.63, 3.8) is 0 Å². The van der Waals surface area contributed by atoms with Gasteiger partial charge in [-0.15, -0.1) is 0 Å². The first-order chi connectivity index (χ1) is 6.77. The molecule has 0 fully saturated rings. The highest BCUT2D eigenvalue weighted by atomic mass is 32.2. The normalized spacial score (nSPS) is 11.1. The van der Waals surface area contributed by atoms with Crippen molar-refractivity contribution in [1.29, 1.82) is 0 Å². The summed E-state index contributed by atoms with van der Waals surface area (Å²) in [5, 5.41) is 12.0. The second kappa shape index (κ2) is 11.3. The summed E-state index contributed by atoms with van der Waals surface area (Å²) in [6, 6.07) is 0. The van der Waals surface area contributed by atoms with Crippen molar-refractivity contribution in [1.82, 2.24) is 5.32 Å². The van der Waals surface area contributed by atoms with Crippen LogP contribution in [-0.4, -0.2) is 36.3 Å². The molecule has 0 spiro atoms. The molecule has 0 unspecified atom stereocenters. The van der Waals surface area contributed by atoms with Gasteiger partial charge >= 0.3 is 0 Å². The summed E-state index contributed by atoms with van der Waals surface area (Å²) >= 11 is 1.92. The largest absolute Gasteiger partial charge is 0.396 e. The molecule has 0 heterocycles. The number of aliphatic hydroxyl groups is 1. The Hall–Kier alpha value is 0.270. The third kappa shape index (κ3) is 12.3. The summed E-state index contributed by atoms with van der Waals surface area (Å²) in [6.07, 6.45) is 3.54. The Kier molecular flexibility index (Phi) is 11.6. The second-order valence-electron chi connectivity index (χ2n) is 3.98. The summed E-state index contributed by atoms with van der Waals surface area (Å²) in [4.78, 5) is 0. The maximum atomic E-state index is 8.56. The highest BCUT2D eigenvalue weighted by molar-refractivity contribution is 7.99. The molecule has 0 rings (SSSR count). The average molecular weight is 219 g/mol. The van der Waals surface area contributed by atoms with Crippen LogP contribution in [0.3, 0.4) is 0 Å².